The van der Waals surface area contributed by atoms with Crippen LogP contribution in [0.1, 0.15) is 27.2 Å². The van der Waals surface area contributed by atoms with Gasteiger partial charge in [0.1, 0.15) is 5.75 Å². The van der Waals surface area contributed by atoms with Gasteiger partial charge in [0.05, 0.1) is 18.4 Å². The lowest BCUT2D eigenvalue weighted by Crippen LogP contribution is -2.24. The van der Waals surface area contributed by atoms with Crippen molar-refractivity contribution in [3.8, 4) is 17.1 Å². The first-order valence-electron chi connectivity index (χ1n) is 8.38. The molecule has 5 heteroatoms. The molecule has 0 spiro atoms. The standard InChI is InChI=1S/C21H21N3O2/c1-14-7-9-17(10-8-14)20-22-13-19(15(2)24-20)21(25)23-12-16-5-4-6-18(11-16)26-3/h4-11,13H,12H2,1-3H3,(H,23,25). The number of rotatable bonds is 5. The first-order chi connectivity index (χ1) is 12.6. The Bertz CT molecular complexity index is 921. The summed E-state index contributed by atoms with van der Waals surface area (Å²) < 4.78 is 5.20. The van der Waals surface area contributed by atoms with Gasteiger partial charge in [0.25, 0.3) is 5.91 Å². The molecule has 0 saturated carbocycles. The van der Waals surface area contributed by atoms with Gasteiger partial charge in [0.15, 0.2) is 5.82 Å². The fourth-order valence-corrected chi connectivity index (χ4v) is 2.59. The average molecular weight is 347 g/mol. The van der Waals surface area contributed by atoms with Crippen LogP contribution in [0.4, 0.5) is 0 Å². The molecule has 0 unspecified atom stereocenters. The quantitative estimate of drug-likeness (QED) is 0.764. The Balaban J connectivity index is 1.72. The maximum atomic E-state index is 12.5. The van der Waals surface area contributed by atoms with Gasteiger partial charge < -0.3 is 10.1 Å². The van der Waals surface area contributed by atoms with E-state index >= 15 is 0 Å². The van der Waals surface area contributed by atoms with Crippen LogP contribution >= 0.6 is 0 Å². The van der Waals surface area contributed by atoms with Crippen molar-refractivity contribution in [3.63, 3.8) is 0 Å². The third-order valence-corrected chi connectivity index (χ3v) is 4.12. The van der Waals surface area contributed by atoms with E-state index in [1.54, 1.807) is 13.3 Å². The summed E-state index contributed by atoms with van der Waals surface area (Å²) in [4.78, 5) is 21.3. The molecule has 1 N–H and O–H groups in total. The van der Waals surface area contributed by atoms with Crippen LogP contribution < -0.4 is 10.1 Å². The van der Waals surface area contributed by atoms with Crippen molar-refractivity contribution in [1.82, 2.24) is 15.3 Å². The second-order valence-corrected chi connectivity index (χ2v) is 6.09. The zero-order valence-corrected chi connectivity index (χ0v) is 15.1. The average Bonchev–Trinajstić information content (AvgIpc) is 2.67. The summed E-state index contributed by atoms with van der Waals surface area (Å²) in [6, 6.07) is 15.6. The molecule has 0 aliphatic rings. The van der Waals surface area contributed by atoms with E-state index in [0.717, 1.165) is 16.9 Å². The third-order valence-electron chi connectivity index (χ3n) is 4.12. The molecule has 0 bridgehead atoms. The Morgan fingerprint density at radius 3 is 2.58 bits per heavy atom. The zero-order chi connectivity index (χ0) is 18.5. The number of aromatic nitrogens is 2. The Labute approximate surface area is 153 Å². The van der Waals surface area contributed by atoms with Crippen LogP contribution in [0.15, 0.2) is 54.7 Å². The highest BCUT2D eigenvalue weighted by molar-refractivity contribution is 5.95. The number of carbonyl (C=O) groups excluding carboxylic acids is 1. The number of ether oxygens (including phenoxy) is 1. The summed E-state index contributed by atoms with van der Waals surface area (Å²) in [5.74, 6) is 1.19. The fourth-order valence-electron chi connectivity index (χ4n) is 2.59. The minimum absolute atomic E-state index is 0.194. The number of benzene rings is 2. The van der Waals surface area contributed by atoms with E-state index in [-0.39, 0.29) is 5.91 Å². The summed E-state index contributed by atoms with van der Waals surface area (Å²) in [6.45, 7) is 4.26. The molecule has 0 fully saturated rings. The van der Waals surface area contributed by atoms with Crippen LogP contribution in [-0.2, 0) is 6.54 Å². The number of nitrogens with zero attached hydrogens (tertiary/aromatic N) is 2. The van der Waals surface area contributed by atoms with Gasteiger partial charge in [-0.05, 0) is 31.5 Å². The van der Waals surface area contributed by atoms with Crippen LogP contribution in [0.3, 0.4) is 0 Å². The van der Waals surface area contributed by atoms with Crippen LogP contribution in [0.25, 0.3) is 11.4 Å². The molecule has 26 heavy (non-hydrogen) atoms. The molecule has 2 aromatic carbocycles. The Morgan fingerprint density at radius 2 is 1.88 bits per heavy atom. The SMILES string of the molecule is COc1cccc(CNC(=O)c2cnc(-c3ccc(C)cc3)nc2C)c1. The number of carbonyl (C=O) groups is 1. The second-order valence-electron chi connectivity index (χ2n) is 6.09. The highest BCUT2D eigenvalue weighted by atomic mass is 16.5. The van der Waals surface area contributed by atoms with Crippen LogP contribution in [0.2, 0.25) is 0 Å². The van der Waals surface area contributed by atoms with Crippen molar-refractivity contribution in [1.29, 1.82) is 0 Å². The Kier molecular flexibility index (Phi) is 5.27. The molecule has 0 atom stereocenters. The third kappa shape index (κ3) is 4.06. The lowest BCUT2D eigenvalue weighted by atomic mass is 10.1. The van der Waals surface area contributed by atoms with Crippen molar-refractivity contribution in [2.24, 2.45) is 0 Å². The van der Waals surface area contributed by atoms with Gasteiger partial charge in [-0.2, -0.15) is 0 Å². The molecule has 0 saturated heterocycles. The van der Waals surface area contributed by atoms with E-state index in [0.29, 0.717) is 23.6 Å². The first kappa shape index (κ1) is 17.6. The summed E-state index contributed by atoms with van der Waals surface area (Å²) in [5.41, 5.74) is 4.20. The van der Waals surface area contributed by atoms with E-state index in [2.05, 4.69) is 15.3 Å². The topological polar surface area (TPSA) is 64.1 Å². The lowest BCUT2D eigenvalue weighted by molar-refractivity contribution is 0.0949. The van der Waals surface area contributed by atoms with Gasteiger partial charge in [0.2, 0.25) is 0 Å². The van der Waals surface area contributed by atoms with Gasteiger partial charge in [0, 0.05) is 18.3 Å². The molecule has 0 aliphatic carbocycles. The molecular weight excluding hydrogens is 326 g/mol. The van der Waals surface area contributed by atoms with Crippen molar-refractivity contribution in [2.45, 2.75) is 20.4 Å². The maximum absolute atomic E-state index is 12.5. The van der Waals surface area contributed by atoms with Gasteiger partial charge >= 0.3 is 0 Å². The van der Waals surface area contributed by atoms with Gasteiger partial charge in [-0.25, -0.2) is 9.97 Å². The fraction of sp³-hybridized carbons (Fsp3) is 0.190. The number of methoxy groups -OCH3 is 1. The molecule has 3 rings (SSSR count). The van der Waals surface area contributed by atoms with Crippen molar-refractivity contribution in [3.05, 3.63) is 77.1 Å². The predicted octanol–water partition coefficient (Wildman–Crippen LogP) is 3.70. The van der Waals surface area contributed by atoms with Crippen LogP contribution in [0, 0.1) is 13.8 Å². The Morgan fingerprint density at radius 1 is 1.12 bits per heavy atom. The van der Waals surface area contributed by atoms with E-state index in [1.807, 2.05) is 62.4 Å². The largest absolute Gasteiger partial charge is 0.497 e. The van der Waals surface area contributed by atoms with Gasteiger partial charge in [-0.3, -0.25) is 4.79 Å². The molecule has 0 radical (unpaired) electrons. The van der Waals surface area contributed by atoms with E-state index in [9.17, 15) is 4.79 Å². The molecule has 132 valence electrons. The van der Waals surface area contributed by atoms with Crippen molar-refractivity contribution < 1.29 is 9.53 Å². The molecule has 1 aromatic heterocycles. The highest BCUT2D eigenvalue weighted by Gasteiger charge is 2.12. The minimum atomic E-state index is -0.194. The molecule has 1 heterocycles. The van der Waals surface area contributed by atoms with E-state index in [4.69, 9.17) is 4.74 Å². The zero-order valence-electron chi connectivity index (χ0n) is 15.1. The number of hydrogen-bond donors (Lipinski definition) is 1. The number of aryl methyl sites for hydroxylation is 2. The Hall–Kier alpha value is -3.21. The summed E-state index contributed by atoms with van der Waals surface area (Å²) in [6.07, 6.45) is 1.58. The highest BCUT2D eigenvalue weighted by Crippen LogP contribution is 2.17. The van der Waals surface area contributed by atoms with E-state index < -0.39 is 0 Å². The molecule has 0 aliphatic heterocycles. The molecule has 5 nitrogen and oxygen atoms in total. The van der Waals surface area contributed by atoms with Gasteiger partial charge in [-0.15, -0.1) is 0 Å². The monoisotopic (exact) mass is 347 g/mol. The molecule has 3 aromatic rings. The number of amides is 1. The number of hydrogen-bond acceptors (Lipinski definition) is 4. The minimum Gasteiger partial charge on any atom is -0.497 e. The summed E-state index contributed by atoms with van der Waals surface area (Å²) in [5, 5.41) is 2.90. The second kappa shape index (κ2) is 7.78. The van der Waals surface area contributed by atoms with Crippen molar-refractivity contribution >= 4 is 5.91 Å². The molecular formula is C21H21N3O2. The summed E-state index contributed by atoms with van der Waals surface area (Å²) in [7, 11) is 1.62. The lowest BCUT2D eigenvalue weighted by Gasteiger charge is -2.09. The predicted molar refractivity (Wildman–Crippen MR) is 101 cm³/mol. The number of nitrogens with one attached hydrogen (secondary N) is 1. The van der Waals surface area contributed by atoms with Crippen LogP contribution in [0.5, 0.6) is 5.75 Å². The summed E-state index contributed by atoms with van der Waals surface area (Å²) >= 11 is 0. The smallest absolute Gasteiger partial charge is 0.254 e. The first-order valence-corrected chi connectivity index (χ1v) is 8.38. The van der Waals surface area contributed by atoms with Gasteiger partial charge in [-0.1, -0.05) is 42.0 Å². The maximum Gasteiger partial charge on any atom is 0.254 e. The normalized spacial score (nSPS) is 10.4. The van der Waals surface area contributed by atoms with Crippen molar-refractivity contribution in [2.75, 3.05) is 7.11 Å². The van der Waals surface area contributed by atoms with E-state index in [1.165, 1.54) is 5.56 Å². The molecule has 1 amide bonds. The van der Waals surface area contributed by atoms with Crippen LogP contribution in [-0.4, -0.2) is 23.0 Å².